The lowest BCUT2D eigenvalue weighted by molar-refractivity contribution is -0.139. The summed E-state index contributed by atoms with van der Waals surface area (Å²) in [7, 11) is -2.63. The molecule has 0 unspecified atom stereocenters. The summed E-state index contributed by atoms with van der Waals surface area (Å²) in [5.74, 6) is -0.251. The van der Waals surface area contributed by atoms with Gasteiger partial charge in [0.15, 0.2) is 0 Å². The Labute approximate surface area is 238 Å². The van der Waals surface area contributed by atoms with Crippen molar-refractivity contribution in [3.63, 3.8) is 0 Å². The van der Waals surface area contributed by atoms with Crippen LogP contribution in [0.5, 0.6) is 5.75 Å². The van der Waals surface area contributed by atoms with Crippen LogP contribution in [-0.2, 0) is 26.2 Å². The molecule has 9 heteroatoms. The normalized spacial score (nSPS) is 11.9. The Morgan fingerprint density at radius 3 is 2.20 bits per heavy atom. The number of carbonyl (C=O) groups is 2. The minimum absolute atomic E-state index is 0.0254. The fourth-order valence-electron chi connectivity index (χ4n) is 4.20. The van der Waals surface area contributed by atoms with Gasteiger partial charge in [-0.2, -0.15) is 0 Å². The van der Waals surface area contributed by atoms with Crippen molar-refractivity contribution in [2.45, 2.75) is 58.0 Å². The molecule has 1 N–H and O–H groups in total. The number of carbonyl (C=O) groups excluding carboxylic acids is 2. The standard InChI is InChI=1S/C31H39N3O5S/c1-6-7-20-32-31(36)25(4)33(21-26-11-9-8-10-24(26)3)30(35)22-34(27-14-12-23(2)13-15-27)40(37,38)29-18-16-28(39-5)17-19-29/h8-19,25H,6-7,20-22H2,1-5H3,(H,32,36)/t25-/m0/s1. The van der Waals surface area contributed by atoms with Gasteiger partial charge in [-0.25, -0.2) is 8.42 Å². The molecular formula is C31H39N3O5S. The van der Waals surface area contributed by atoms with E-state index in [0.717, 1.165) is 33.8 Å². The van der Waals surface area contributed by atoms with E-state index in [2.05, 4.69) is 5.32 Å². The van der Waals surface area contributed by atoms with Crippen molar-refractivity contribution in [3.05, 3.63) is 89.5 Å². The summed E-state index contributed by atoms with van der Waals surface area (Å²) in [6.45, 7) is 7.75. The quantitative estimate of drug-likeness (QED) is 0.299. The molecule has 3 aromatic carbocycles. The number of rotatable bonds is 13. The highest BCUT2D eigenvalue weighted by molar-refractivity contribution is 7.92. The van der Waals surface area contributed by atoms with E-state index >= 15 is 0 Å². The molecule has 3 aromatic rings. The van der Waals surface area contributed by atoms with Gasteiger partial charge in [-0.05, 0) is 74.7 Å². The number of hydrogen-bond donors (Lipinski definition) is 1. The number of aryl methyl sites for hydroxylation is 2. The number of benzene rings is 3. The number of ether oxygens (including phenoxy) is 1. The minimum atomic E-state index is -4.14. The molecule has 0 aliphatic carbocycles. The lowest BCUT2D eigenvalue weighted by atomic mass is 10.1. The van der Waals surface area contributed by atoms with Crippen LogP contribution in [0.1, 0.15) is 43.4 Å². The maximum absolute atomic E-state index is 14.0. The van der Waals surface area contributed by atoms with E-state index in [1.165, 1.54) is 24.1 Å². The van der Waals surface area contributed by atoms with Crippen LogP contribution < -0.4 is 14.4 Å². The van der Waals surface area contributed by atoms with Gasteiger partial charge in [0.05, 0.1) is 17.7 Å². The molecule has 0 aliphatic rings. The van der Waals surface area contributed by atoms with Crippen molar-refractivity contribution >= 4 is 27.5 Å². The van der Waals surface area contributed by atoms with Crippen LogP contribution in [0.4, 0.5) is 5.69 Å². The predicted octanol–water partition coefficient (Wildman–Crippen LogP) is 4.84. The average molecular weight is 566 g/mol. The van der Waals surface area contributed by atoms with Gasteiger partial charge in [0.1, 0.15) is 18.3 Å². The molecule has 8 nitrogen and oxygen atoms in total. The second-order valence-electron chi connectivity index (χ2n) is 9.79. The number of anilines is 1. The smallest absolute Gasteiger partial charge is 0.264 e. The fourth-order valence-corrected chi connectivity index (χ4v) is 5.62. The van der Waals surface area contributed by atoms with Gasteiger partial charge in [-0.1, -0.05) is 55.3 Å². The van der Waals surface area contributed by atoms with E-state index in [0.29, 0.717) is 18.0 Å². The Morgan fingerprint density at radius 1 is 0.950 bits per heavy atom. The zero-order valence-electron chi connectivity index (χ0n) is 23.9. The molecule has 214 valence electrons. The van der Waals surface area contributed by atoms with Crippen LogP contribution in [0, 0.1) is 13.8 Å². The van der Waals surface area contributed by atoms with E-state index < -0.39 is 28.5 Å². The van der Waals surface area contributed by atoms with Crippen LogP contribution in [0.25, 0.3) is 0 Å². The minimum Gasteiger partial charge on any atom is -0.497 e. The lowest BCUT2D eigenvalue weighted by Gasteiger charge is -2.32. The molecule has 40 heavy (non-hydrogen) atoms. The van der Waals surface area contributed by atoms with E-state index in [1.807, 2.05) is 45.0 Å². The van der Waals surface area contributed by atoms with Crippen molar-refractivity contribution in [2.24, 2.45) is 0 Å². The topological polar surface area (TPSA) is 96.0 Å². The summed E-state index contributed by atoms with van der Waals surface area (Å²) in [6, 6.07) is 19.8. The summed E-state index contributed by atoms with van der Waals surface area (Å²) in [6.07, 6.45) is 1.75. The highest BCUT2D eigenvalue weighted by Crippen LogP contribution is 2.26. The number of nitrogens with zero attached hydrogens (tertiary/aromatic N) is 2. The summed E-state index contributed by atoms with van der Waals surface area (Å²) < 4.78 is 34.1. The number of sulfonamides is 1. The van der Waals surface area contributed by atoms with Crippen molar-refractivity contribution in [2.75, 3.05) is 24.5 Å². The van der Waals surface area contributed by atoms with Crippen molar-refractivity contribution in [1.82, 2.24) is 10.2 Å². The molecule has 1 atom stereocenters. The maximum atomic E-state index is 14.0. The molecule has 0 aromatic heterocycles. The molecular weight excluding hydrogens is 526 g/mol. The van der Waals surface area contributed by atoms with Gasteiger partial charge in [-0.3, -0.25) is 13.9 Å². The van der Waals surface area contributed by atoms with Gasteiger partial charge in [0, 0.05) is 13.1 Å². The van der Waals surface area contributed by atoms with Crippen LogP contribution in [0.2, 0.25) is 0 Å². The zero-order valence-corrected chi connectivity index (χ0v) is 24.7. The summed E-state index contributed by atoms with van der Waals surface area (Å²) in [4.78, 5) is 28.5. The fraction of sp³-hybridized carbons (Fsp3) is 0.355. The van der Waals surface area contributed by atoms with E-state index in [4.69, 9.17) is 4.74 Å². The number of amides is 2. The van der Waals surface area contributed by atoms with Gasteiger partial charge in [0.2, 0.25) is 11.8 Å². The zero-order chi connectivity index (χ0) is 29.3. The molecule has 0 spiro atoms. The van der Waals surface area contributed by atoms with Gasteiger partial charge >= 0.3 is 0 Å². The van der Waals surface area contributed by atoms with Crippen LogP contribution in [-0.4, -0.2) is 51.4 Å². The number of unbranched alkanes of at least 4 members (excludes halogenated alkanes) is 1. The van der Waals surface area contributed by atoms with E-state index in [1.54, 1.807) is 43.3 Å². The van der Waals surface area contributed by atoms with E-state index in [-0.39, 0.29) is 17.3 Å². The van der Waals surface area contributed by atoms with Crippen molar-refractivity contribution in [3.8, 4) is 5.75 Å². The first-order valence-corrected chi connectivity index (χ1v) is 14.9. The molecule has 0 saturated heterocycles. The van der Waals surface area contributed by atoms with Crippen LogP contribution in [0.15, 0.2) is 77.7 Å². The highest BCUT2D eigenvalue weighted by atomic mass is 32.2. The summed E-state index contributed by atoms with van der Waals surface area (Å²) >= 11 is 0. The first-order valence-electron chi connectivity index (χ1n) is 13.4. The summed E-state index contributed by atoms with van der Waals surface area (Å²) in [5.41, 5.74) is 3.16. The third-order valence-corrected chi connectivity index (χ3v) is 8.64. The Bertz CT molecular complexity index is 1390. The third kappa shape index (κ3) is 7.63. The van der Waals surface area contributed by atoms with Crippen molar-refractivity contribution < 1.29 is 22.7 Å². The number of hydrogen-bond acceptors (Lipinski definition) is 5. The Hall–Kier alpha value is -3.85. The SMILES string of the molecule is CCCCNC(=O)[C@H](C)N(Cc1ccccc1C)C(=O)CN(c1ccc(C)cc1)S(=O)(=O)c1ccc(OC)cc1. The van der Waals surface area contributed by atoms with Gasteiger partial charge < -0.3 is 15.0 Å². The molecule has 0 radical (unpaired) electrons. The molecule has 0 heterocycles. The number of nitrogens with one attached hydrogen (secondary N) is 1. The predicted molar refractivity (Wildman–Crippen MR) is 158 cm³/mol. The summed E-state index contributed by atoms with van der Waals surface area (Å²) in [5, 5.41) is 2.90. The first-order chi connectivity index (χ1) is 19.1. The second kappa shape index (κ2) is 14.0. The molecule has 0 fully saturated rings. The second-order valence-corrected chi connectivity index (χ2v) is 11.7. The third-order valence-electron chi connectivity index (χ3n) is 6.85. The molecule has 0 bridgehead atoms. The Kier molecular flexibility index (Phi) is 10.7. The van der Waals surface area contributed by atoms with Crippen LogP contribution >= 0.6 is 0 Å². The highest BCUT2D eigenvalue weighted by Gasteiger charge is 2.32. The van der Waals surface area contributed by atoms with Gasteiger partial charge in [-0.15, -0.1) is 0 Å². The van der Waals surface area contributed by atoms with Crippen LogP contribution in [0.3, 0.4) is 0 Å². The first kappa shape index (κ1) is 30.7. The molecule has 3 rings (SSSR count). The molecule has 0 aliphatic heterocycles. The molecule has 0 saturated carbocycles. The maximum Gasteiger partial charge on any atom is 0.264 e. The largest absolute Gasteiger partial charge is 0.497 e. The Balaban J connectivity index is 2.00. The number of methoxy groups -OCH3 is 1. The van der Waals surface area contributed by atoms with Gasteiger partial charge in [0.25, 0.3) is 10.0 Å². The average Bonchev–Trinajstić information content (AvgIpc) is 2.95. The molecule has 2 amide bonds. The monoisotopic (exact) mass is 565 g/mol. The lowest BCUT2D eigenvalue weighted by Crippen LogP contribution is -2.51. The Morgan fingerprint density at radius 2 is 1.60 bits per heavy atom. The van der Waals surface area contributed by atoms with Crippen molar-refractivity contribution in [1.29, 1.82) is 0 Å². The van der Waals surface area contributed by atoms with E-state index in [9.17, 15) is 18.0 Å².